The van der Waals surface area contributed by atoms with Gasteiger partial charge in [-0.3, -0.25) is 9.59 Å². The fraction of sp³-hybridized carbons (Fsp3) is 0.800. The first kappa shape index (κ1) is 30.1. The van der Waals surface area contributed by atoms with Crippen LogP contribution in [0.15, 0.2) is 12.2 Å². The molecule has 0 saturated heterocycles. The molecule has 0 spiro atoms. The maximum atomic E-state index is 11.1. The first-order valence-electron chi connectivity index (χ1n) is 12.4. The van der Waals surface area contributed by atoms with Gasteiger partial charge in [-0.1, -0.05) is 57.6 Å². The summed E-state index contributed by atoms with van der Waals surface area (Å²) in [4.78, 5) is 33.1. The molecule has 0 saturated carbocycles. The van der Waals surface area contributed by atoms with Gasteiger partial charge in [-0.15, -0.1) is 0 Å². The second kappa shape index (κ2) is 19.8. The van der Waals surface area contributed by atoms with Gasteiger partial charge in [-0.05, 0) is 38.5 Å². The smallest absolute Gasteiger partial charge is 0.309 e. The molecule has 0 heterocycles. The predicted molar refractivity (Wildman–Crippen MR) is 124 cm³/mol. The summed E-state index contributed by atoms with van der Waals surface area (Å²) < 4.78 is 0.213. The molecule has 186 valence electrons. The van der Waals surface area contributed by atoms with Crippen LogP contribution in [0.2, 0.25) is 0 Å². The average Bonchev–Trinajstić information content (AvgIpc) is 2.74. The summed E-state index contributed by atoms with van der Waals surface area (Å²) >= 11 is 0. The Balaban J connectivity index is 4.26. The zero-order valence-corrected chi connectivity index (χ0v) is 20.1. The van der Waals surface area contributed by atoms with E-state index in [9.17, 15) is 19.5 Å². The molecule has 0 atom stereocenters. The Bertz CT molecular complexity index is 501. The van der Waals surface area contributed by atoms with Crippen LogP contribution < -0.4 is 5.11 Å². The van der Waals surface area contributed by atoms with Gasteiger partial charge in [-0.25, -0.2) is 0 Å². The third-order valence-corrected chi connectivity index (χ3v) is 6.03. The summed E-state index contributed by atoms with van der Waals surface area (Å²) in [6.07, 6.45) is 18.2. The van der Waals surface area contributed by atoms with Crippen molar-refractivity contribution in [3.8, 4) is 0 Å². The number of carboxylic acids is 3. The zero-order chi connectivity index (χ0) is 24.1. The van der Waals surface area contributed by atoms with Gasteiger partial charge in [0.25, 0.3) is 0 Å². The molecule has 0 rings (SSSR count). The number of nitrogens with zero attached hydrogens (tertiary/aromatic N) is 1. The number of unbranched alkanes of at least 4 members (excludes halogenated alkanes) is 10. The Kier molecular flexibility index (Phi) is 18.6. The van der Waals surface area contributed by atoms with E-state index in [1.165, 1.54) is 38.5 Å². The van der Waals surface area contributed by atoms with Crippen LogP contribution in [0.4, 0.5) is 0 Å². The van der Waals surface area contributed by atoms with Gasteiger partial charge in [0.05, 0.1) is 39.0 Å². The second-order valence-corrected chi connectivity index (χ2v) is 8.88. The van der Waals surface area contributed by atoms with Crippen molar-refractivity contribution >= 4 is 17.9 Å². The summed E-state index contributed by atoms with van der Waals surface area (Å²) in [6.45, 7) is 3.54. The van der Waals surface area contributed by atoms with Gasteiger partial charge >= 0.3 is 11.9 Å². The fourth-order valence-electron chi connectivity index (χ4n) is 4.01. The van der Waals surface area contributed by atoms with Crippen molar-refractivity contribution in [2.75, 3.05) is 26.2 Å². The van der Waals surface area contributed by atoms with Gasteiger partial charge in [0, 0.05) is 12.4 Å². The number of carboxylic acid groups (broad SMARTS) is 3. The van der Waals surface area contributed by atoms with E-state index in [2.05, 4.69) is 19.1 Å². The van der Waals surface area contributed by atoms with E-state index in [-0.39, 0.29) is 43.4 Å². The van der Waals surface area contributed by atoms with E-state index < -0.39 is 17.9 Å². The molecule has 0 aliphatic rings. The highest BCUT2D eigenvalue weighted by Gasteiger charge is 2.28. The number of hydrogen-bond acceptors (Lipinski definition) is 4. The molecule has 0 aromatic heterocycles. The van der Waals surface area contributed by atoms with Crippen molar-refractivity contribution in [3.63, 3.8) is 0 Å². The van der Waals surface area contributed by atoms with Gasteiger partial charge < -0.3 is 24.6 Å². The molecule has 0 radical (unpaired) electrons. The molecule has 0 aliphatic heterocycles. The van der Waals surface area contributed by atoms with E-state index in [0.717, 1.165) is 38.5 Å². The lowest BCUT2D eigenvalue weighted by Crippen LogP contribution is -2.53. The summed E-state index contributed by atoms with van der Waals surface area (Å²) in [7, 11) is 0. The standard InChI is InChI=1S/C25H45NO6/c1-2-3-4-5-6-7-8-9-10-11-12-13-14-15-19-26(20-16-23(27)28,21-17-24(29)30)22-18-25(31)32/h9-10H,2-8,11-22H2,1H3,(H2-,27,28,29,30,31,32)/b10-9+. The maximum Gasteiger partial charge on any atom is 0.309 e. The van der Waals surface area contributed by atoms with Crippen LogP contribution >= 0.6 is 0 Å². The number of quaternary nitrogens is 1. The lowest BCUT2D eigenvalue weighted by molar-refractivity contribution is -0.927. The molecule has 0 aromatic carbocycles. The molecule has 0 bridgehead atoms. The summed E-state index contributed by atoms with van der Waals surface area (Å²) in [5, 5.41) is 29.1. The first-order chi connectivity index (χ1) is 15.3. The normalized spacial score (nSPS) is 11.8. The number of carbonyl (C=O) groups excluding carboxylic acids is 1. The minimum atomic E-state index is -1.19. The quantitative estimate of drug-likeness (QED) is 0.136. The molecule has 2 N–H and O–H groups in total. The zero-order valence-electron chi connectivity index (χ0n) is 20.1. The van der Waals surface area contributed by atoms with Crippen LogP contribution in [0, 0.1) is 0 Å². The van der Waals surface area contributed by atoms with Crippen molar-refractivity contribution in [1.29, 1.82) is 0 Å². The summed E-state index contributed by atoms with van der Waals surface area (Å²) in [5.74, 6) is -3.10. The molecular weight excluding hydrogens is 410 g/mol. The monoisotopic (exact) mass is 455 g/mol. The highest BCUT2D eigenvalue weighted by molar-refractivity contribution is 5.67. The first-order valence-corrected chi connectivity index (χ1v) is 12.4. The average molecular weight is 456 g/mol. The molecule has 7 nitrogen and oxygen atoms in total. The Morgan fingerprint density at radius 1 is 0.656 bits per heavy atom. The van der Waals surface area contributed by atoms with Crippen molar-refractivity contribution in [2.24, 2.45) is 0 Å². The fourth-order valence-corrected chi connectivity index (χ4v) is 4.01. The number of hydrogen-bond donors (Lipinski definition) is 2. The van der Waals surface area contributed by atoms with Crippen LogP contribution in [0.5, 0.6) is 0 Å². The largest absolute Gasteiger partial charge is 0.550 e. The molecule has 0 unspecified atom stereocenters. The Hall–Kier alpha value is -1.89. The number of allylic oxidation sites excluding steroid dienone is 2. The van der Waals surface area contributed by atoms with Crippen molar-refractivity contribution in [3.05, 3.63) is 12.2 Å². The SMILES string of the molecule is CCCCCCCC/C=C/CCCCCC[N+](CCC(=O)[O-])(CCC(=O)O)CCC(=O)O. The van der Waals surface area contributed by atoms with E-state index in [1.807, 2.05) is 0 Å². The Morgan fingerprint density at radius 3 is 1.56 bits per heavy atom. The van der Waals surface area contributed by atoms with Crippen LogP contribution in [-0.2, 0) is 14.4 Å². The number of rotatable bonds is 23. The van der Waals surface area contributed by atoms with Gasteiger partial charge in [-0.2, -0.15) is 0 Å². The third-order valence-electron chi connectivity index (χ3n) is 6.03. The molecule has 0 aliphatic carbocycles. The van der Waals surface area contributed by atoms with Crippen molar-refractivity contribution < 1.29 is 34.2 Å². The molecule has 0 fully saturated rings. The molecular formula is C25H45NO6. The number of carbonyl (C=O) groups is 3. The Labute approximate surface area is 194 Å². The lowest BCUT2D eigenvalue weighted by Gasteiger charge is -2.38. The second-order valence-electron chi connectivity index (χ2n) is 8.88. The molecule has 0 aromatic rings. The summed E-state index contributed by atoms with van der Waals surface area (Å²) in [5.41, 5.74) is 0. The molecule has 0 amide bonds. The van der Waals surface area contributed by atoms with Gasteiger partial charge in [0.1, 0.15) is 0 Å². The molecule has 7 heteroatoms. The highest BCUT2D eigenvalue weighted by atomic mass is 16.4. The highest BCUT2D eigenvalue weighted by Crippen LogP contribution is 2.16. The van der Waals surface area contributed by atoms with Crippen molar-refractivity contribution in [2.45, 2.75) is 103 Å². The van der Waals surface area contributed by atoms with E-state index in [4.69, 9.17) is 10.2 Å². The summed E-state index contributed by atoms with van der Waals surface area (Å²) in [6, 6.07) is 0. The van der Waals surface area contributed by atoms with E-state index in [0.29, 0.717) is 6.54 Å². The van der Waals surface area contributed by atoms with Gasteiger partial charge in [0.2, 0.25) is 0 Å². The predicted octanol–water partition coefficient (Wildman–Crippen LogP) is 4.15. The van der Waals surface area contributed by atoms with Crippen LogP contribution in [0.3, 0.4) is 0 Å². The van der Waals surface area contributed by atoms with E-state index >= 15 is 0 Å². The topological polar surface area (TPSA) is 115 Å². The van der Waals surface area contributed by atoms with Crippen LogP contribution in [0.1, 0.15) is 103 Å². The third kappa shape index (κ3) is 18.8. The lowest BCUT2D eigenvalue weighted by atomic mass is 10.1. The van der Waals surface area contributed by atoms with Gasteiger partial charge in [0.15, 0.2) is 0 Å². The van der Waals surface area contributed by atoms with E-state index in [1.54, 1.807) is 0 Å². The van der Waals surface area contributed by atoms with Crippen molar-refractivity contribution in [1.82, 2.24) is 0 Å². The van der Waals surface area contributed by atoms with Crippen LogP contribution in [0.25, 0.3) is 0 Å². The minimum absolute atomic E-state index is 0.101. The Morgan fingerprint density at radius 2 is 1.09 bits per heavy atom. The minimum Gasteiger partial charge on any atom is -0.550 e. The number of aliphatic carboxylic acids is 3. The molecule has 32 heavy (non-hydrogen) atoms. The maximum absolute atomic E-state index is 11.1. The van der Waals surface area contributed by atoms with Crippen LogP contribution in [-0.4, -0.2) is 58.8 Å².